The Labute approximate surface area is 154 Å². The van der Waals surface area contributed by atoms with Gasteiger partial charge >= 0.3 is 0 Å². The fraction of sp³-hybridized carbons (Fsp3) is 1.00. The van der Waals surface area contributed by atoms with Gasteiger partial charge in [-0.25, -0.2) is 12.7 Å². The monoisotopic (exact) mass is 375 g/mol. The number of ether oxygens (including phenoxy) is 1. The molecule has 0 amide bonds. The van der Waals surface area contributed by atoms with Crippen molar-refractivity contribution in [2.45, 2.75) is 63.0 Å². The lowest BCUT2D eigenvalue weighted by Crippen LogP contribution is -2.41. The summed E-state index contributed by atoms with van der Waals surface area (Å²) in [6.07, 6.45) is 8.86. The molecule has 0 bridgehead atoms. The Bertz CT molecular complexity index is 446. The molecule has 1 aliphatic heterocycles. The third-order valence-corrected chi connectivity index (χ3v) is 7.83. The normalized spacial score (nSPS) is 20.6. The fourth-order valence-corrected chi connectivity index (χ4v) is 5.96. The third-order valence-electron chi connectivity index (χ3n) is 5.43. The summed E-state index contributed by atoms with van der Waals surface area (Å²) in [5.41, 5.74) is 5.54. The summed E-state index contributed by atoms with van der Waals surface area (Å²) >= 11 is 0. The SMILES string of the molecule is NCCCCCCN(CCCN1CCOCC1)S(=O)(=O)C1CCCC1. The summed E-state index contributed by atoms with van der Waals surface area (Å²) in [6.45, 7) is 6.55. The molecule has 0 radical (unpaired) electrons. The Balaban J connectivity index is 1.81. The number of hydrogen-bond donors (Lipinski definition) is 1. The molecule has 0 aromatic carbocycles. The van der Waals surface area contributed by atoms with Crippen molar-refractivity contribution in [3.05, 3.63) is 0 Å². The van der Waals surface area contributed by atoms with Gasteiger partial charge in [0, 0.05) is 26.2 Å². The summed E-state index contributed by atoms with van der Waals surface area (Å²) < 4.78 is 33.2. The van der Waals surface area contributed by atoms with E-state index in [-0.39, 0.29) is 5.25 Å². The molecule has 1 aliphatic carbocycles. The van der Waals surface area contributed by atoms with Crippen LogP contribution in [0.15, 0.2) is 0 Å². The molecule has 25 heavy (non-hydrogen) atoms. The number of nitrogens with zero attached hydrogens (tertiary/aromatic N) is 2. The maximum Gasteiger partial charge on any atom is 0.216 e. The number of rotatable bonds is 12. The van der Waals surface area contributed by atoms with Crippen LogP contribution in [0.2, 0.25) is 0 Å². The molecular formula is C18H37N3O3S. The van der Waals surface area contributed by atoms with Crippen LogP contribution in [-0.4, -0.2) is 75.4 Å². The van der Waals surface area contributed by atoms with Crippen LogP contribution < -0.4 is 5.73 Å². The second-order valence-corrected chi connectivity index (χ2v) is 9.57. The Kier molecular flexibility index (Phi) is 9.70. The zero-order valence-corrected chi connectivity index (χ0v) is 16.5. The van der Waals surface area contributed by atoms with Gasteiger partial charge in [-0.1, -0.05) is 25.7 Å². The Morgan fingerprint density at radius 1 is 0.960 bits per heavy atom. The molecule has 0 spiro atoms. The van der Waals surface area contributed by atoms with Gasteiger partial charge in [-0.15, -0.1) is 0 Å². The number of sulfonamides is 1. The summed E-state index contributed by atoms with van der Waals surface area (Å²) in [7, 11) is -3.13. The van der Waals surface area contributed by atoms with Gasteiger partial charge in [-0.05, 0) is 45.2 Å². The summed E-state index contributed by atoms with van der Waals surface area (Å²) in [4.78, 5) is 2.38. The molecule has 7 heteroatoms. The highest BCUT2D eigenvalue weighted by atomic mass is 32.2. The van der Waals surface area contributed by atoms with Crippen LogP contribution in [0.3, 0.4) is 0 Å². The first-order chi connectivity index (χ1) is 12.1. The molecule has 2 fully saturated rings. The highest BCUT2D eigenvalue weighted by Crippen LogP contribution is 2.27. The average Bonchev–Trinajstić information content (AvgIpc) is 3.16. The van der Waals surface area contributed by atoms with Crippen molar-refractivity contribution in [1.82, 2.24) is 9.21 Å². The smallest absolute Gasteiger partial charge is 0.216 e. The summed E-state index contributed by atoms with van der Waals surface area (Å²) in [5.74, 6) is 0. The van der Waals surface area contributed by atoms with Crippen molar-refractivity contribution in [2.75, 3.05) is 52.5 Å². The lowest BCUT2D eigenvalue weighted by molar-refractivity contribution is 0.0369. The average molecular weight is 376 g/mol. The largest absolute Gasteiger partial charge is 0.379 e. The second-order valence-electron chi connectivity index (χ2n) is 7.36. The molecule has 0 atom stereocenters. The maximum atomic E-state index is 13.0. The molecule has 1 saturated carbocycles. The Hall–Kier alpha value is -0.210. The highest BCUT2D eigenvalue weighted by molar-refractivity contribution is 7.89. The number of hydrogen-bond acceptors (Lipinski definition) is 5. The van der Waals surface area contributed by atoms with Gasteiger partial charge in [-0.2, -0.15) is 0 Å². The number of nitrogens with two attached hydrogens (primary N) is 1. The molecule has 0 unspecified atom stereocenters. The van der Waals surface area contributed by atoms with Crippen LogP contribution in [0.4, 0.5) is 0 Å². The number of unbranched alkanes of at least 4 members (excludes halogenated alkanes) is 3. The van der Waals surface area contributed by atoms with E-state index in [1.807, 2.05) is 0 Å². The van der Waals surface area contributed by atoms with E-state index in [1.54, 1.807) is 4.31 Å². The predicted octanol–water partition coefficient (Wildman–Crippen LogP) is 1.80. The van der Waals surface area contributed by atoms with Crippen molar-refractivity contribution >= 4 is 10.0 Å². The molecule has 1 heterocycles. The van der Waals surface area contributed by atoms with E-state index in [0.29, 0.717) is 13.1 Å². The van der Waals surface area contributed by atoms with E-state index in [2.05, 4.69) is 4.90 Å². The second kappa shape index (κ2) is 11.5. The van der Waals surface area contributed by atoms with Crippen molar-refractivity contribution in [2.24, 2.45) is 5.73 Å². The summed E-state index contributed by atoms with van der Waals surface area (Å²) in [6, 6.07) is 0. The molecule has 2 rings (SSSR count). The van der Waals surface area contributed by atoms with E-state index in [4.69, 9.17) is 10.5 Å². The highest BCUT2D eigenvalue weighted by Gasteiger charge is 2.33. The molecule has 148 valence electrons. The minimum Gasteiger partial charge on any atom is -0.379 e. The lowest BCUT2D eigenvalue weighted by atomic mass is 10.2. The quantitative estimate of drug-likeness (QED) is 0.527. The number of morpholine rings is 1. The van der Waals surface area contributed by atoms with Gasteiger partial charge in [0.05, 0.1) is 18.5 Å². The van der Waals surface area contributed by atoms with Crippen LogP contribution >= 0.6 is 0 Å². The van der Waals surface area contributed by atoms with Crippen LogP contribution in [0.1, 0.15) is 57.8 Å². The van der Waals surface area contributed by atoms with Crippen molar-refractivity contribution < 1.29 is 13.2 Å². The topological polar surface area (TPSA) is 75.9 Å². The zero-order valence-electron chi connectivity index (χ0n) is 15.7. The Morgan fingerprint density at radius 3 is 2.28 bits per heavy atom. The molecule has 2 N–H and O–H groups in total. The van der Waals surface area contributed by atoms with Crippen LogP contribution in [0, 0.1) is 0 Å². The van der Waals surface area contributed by atoms with E-state index < -0.39 is 10.0 Å². The van der Waals surface area contributed by atoms with Crippen LogP contribution in [-0.2, 0) is 14.8 Å². The molecule has 1 saturated heterocycles. The first kappa shape index (κ1) is 21.1. The molecular weight excluding hydrogens is 338 g/mol. The van der Waals surface area contributed by atoms with Gasteiger partial charge in [0.1, 0.15) is 0 Å². The first-order valence-corrected chi connectivity index (χ1v) is 11.6. The van der Waals surface area contributed by atoms with Gasteiger partial charge in [0.25, 0.3) is 0 Å². The minimum atomic E-state index is -3.13. The van der Waals surface area contributed by atoms with Gasteiger partial charge < -0.3 is 10.5 Å². The van der Waals surface area contributed by atoms with Crippen molar-refractivity contribution in [3.63, 3.8) is 0 Å². The van der Waals surface area contributed by atoms with E-state index in [0.717, 1.165) is 97.2 Å². The molecule has 6 nitrogen and oxygen atoms in total. The molecule has 2 aliphatic rings. The zero-order chi connectivity index (χ0) is 18.0. The molecule has 0 aromatic rings. The van der Waals surface area contributed by atoms with Gasteiger partial charge in [0.2, 0.25) is 10.0 Å². The Morgan fingerprint density at radius 2 is 1.60 bits per heavy atom. The summed E-state index contributed by atoms with van der Waals surface area (Å²) in [5, 5.41) is -0.139. The standard InChI is InChI=1S/C18H37N3O3S/c19-10-5-1-2-6-12-21(25(22,23)18-8-3-4-9-18)13-7-11-20-14-16-24-17-15-20/h18H,1-17,19H2. The maximum absolute atomic E-state index is 13.0. The van der Waals surface area contributed by atoms with Gasteiger partial charge in [0.15, 0.2) is 0 Å². The van der Waals surface area contributed by atoms with E-state index in [1.165, 1.54) is 0 Å². The molecule has 0 aromatic heterocycles. The van der Waals surface area contributed by atoms with E-state index >= 15 is 0 Å². The van der Waals surface area contributed by atoms with Crippen molar-refractivity contribution in [1.29, 1.82) is 0 Å². The van der Waals surface area contributed by atoms with Crippen molar-refractivity contribution in [3.8, 4) is 0 Å². The minimum absolute atomic E-state index is 0.139. The fourth-order valence-electron chi connectivity index (χ4n) is 3.84. The lowest BCUT2D eigenvalue weighted by Gasteiger charge is -2.29. The van der Waals surface area contributed by atoms with E-state index in [9.17, 15) is 8.42 Å². The predicted molar refractivity (Wildman–Crippen MR) is 102 cm³/mol. The van der Waals surface area contributed by atoms with Gasteiger partial charge in [-0.3, -0.25) is 4.90 Å². The first-order valence-electron chi connectivity index (χ1n) is 10.1. The van der Waals surface area contributed by atoms with Crippen LogP contribution in [0.5, 0.6) is 0 Å². The van der Waals surface area contributed by atoms with Crippen LogP contribution in [0.25, 0.3) is 0 Å². The third kappa shape index (κ3) is 7.13.